The summed E-state index contributed by atoms with van der Waals surface area (Å²) in [6.07, 6.45) is 3.02. The predicted molar refractivity (Wildman–Crippen MR) is 93.3 cm³/mol. The number of rotatable bonds is 5. The van der Waals surface area contributed by atoms with E-state index >= 15 is 0 Å². The van der Waals surface area contributed by atoms with Gasteiger partial charge in [-0.05, 0) is 49.2 Å². The Hall–Kier alpha value is -3.13. The number of hydrogen-bond donors (Lipinski definition) is 1. The minimum absolute atomic E-state index is 0.00847. The fraction of sp³-hybridized carbons (Fsp3) is 0.263. The molecule has 1 aliphatic rings. The zero-order valence-corrected chi connectivity index (χ0v) is 14.4. The number of pyridine rings is 1. The number of carbonyl (C=O) groups is 1. The topological polar surface area (TPSA) is 92.3 Å². The summed E-state index contributed by atoms with van der Waals surface area (Å²) in [6, 6.07) is 9.66. The highest BCUT2D eigenvalue weighted by molar-refractivity contribution is 5.87. The lowest BCUT2D eigenvalue weighted by molar-refractivity contribution is 0.0697. The van der Waals surface area contributed by atoms with E-state index in [0.717, 1.165) is 31.1 Å². The molecule has 1 atom stereocenters. The van der Waals surface area contributed by atoms with Gasteiger partial charge >= 0.3 is 5.97 Å². The van der Waals surface area contributed by atoms with Gasteiger partial charge in [0.2, 0.25) is 11.7 Å². The van der Waals surface area contributed by atoms with Crippen LogP contribution in [0.25, 0.3) is 11.5 Å². The number of likely N-dealkylation sites (tertiary alicyclic amines) is 1. The Morgan fingerprint density at radius 3 is 2.78 bits per heavy atom. The minimum atomic E-state index is -0.937. The summed E-state index contributed by atoms with van der Waals surface area (Å²) in [5.74, 6) is -0.509. The highest BCUT2D eigenvalue weighted by Crippen LogP contribution is 2.33. The van der Waals surface area contributed by atoms with E-state index in [1.807, 2.05) is 12.1 Å². The van der Waals surface area contributed by atoms with Crippen molar-refractivity contribution in [1.82, 2.24) is 20.0 Å². The van der Waals surface area contributed by atoms with Crippen molar-refractivity contribution in [2.45, 2.75) is 25.4 Å². The van der Waals surface area contributed by atoms with Crippen LogP contribution in [-0.4, -0.2) is 37.6 Å². The molecule has 0 saturated carbocycles. The number of carboxylic acids is 1. The maximum atomic E-state index is 13.0. The van der Waals surface area contributed by atoms with Crippen LogP contribution in [0.5, 0.6) is 0 Å². The Bertz CT molecular complexity index is 940. The summed E-state index contributed by atoms with van der Waals surface area (Å²) < 4.78 is 18.5. The molecule has 7 nitrogen and oxygen atoms in total. The number of aromatic nitrogens is 3. The van der Waals surface area contributed by atoms with Gasteiger partial charge in [0.25, 0.3) is 0 Å². The number of hydrogen-bond acceptors (Lipinski definition) is 6. The molecule has 3 aromatic rings. The minimum Gasteiger partial charge on any atom is -0.478 e. The lowest BCUT2D eigenvalue weighted by Gasteiger charge is -2.21. The van der Waals surface area contributed by atoms with Crippen molar-refractivity contribution < 1.29 is 18.8 Å². The standard InChI is InChI=1S/C19H17FN4O3/c20-14-7-8-15(21-10-14)17-22-18(27-23-17)16-2-1-9-24(16)11-12-3-5-13(6-4-12)19(25)26/h3-8,10,16H,1-2,9,11H2,(H,25,26)/t16-/m0/s1. The molecule has 1 fully saturated rings. The smallest absolute Gasteiger partial charge is 0.335 e. The van der Waals surface area contributed by atoms with Crippen molar-refractivity contribution in [3.63, 3.8) is 0 Å². The molecule has 8 heteroatoms. The third-order valence-electron chi connectivity index (χ3n) is 4.63. The number of carboxylic acid groups (broad SMARTS) is 1. The fourth-order valence-electron chi connectivity index (χ4n) is 3.26. The Morgan fingerprint density at radius 2 is 2.07 bits per heavy atom. The van der Waals surface area contributed by atoms with E-state index in [2.05, 4.69) is 20.0 Å². The number of nitrogens with zero attached hydrogens (tertiary/aromatic N) is 4. The molecule has 0 aliphatic carbocycles. The van der Waals surface area contributed by atoms with Gasteiger partial charge in [-0.1, -0.05) is 17.3 Å². The van der Waals surface area contributed by atoms with Crippen LogP contribution in [-0.2, 0) is 6.54 Å². The van der Waals surface area contributed by atoms with Crippen LogP contribution in [0, 0.1) is 5.82 Å². The first-order valence-corrected chi connectivity index (χ1v) is 8.62. The number of aromatic carboxylic acids is 1. The molecule has 1 aromatic carbocycles. The lowest BCUT2D eigenvalue weighted by Crippen LogP contribution is -2.23. The summed E-state index contributed by atoms with van der Waals surface area (Å²) in [4.78, 5) is 21.6. The highest BCUT2D eigenvalue weighted by atomic mass is 19.1. The third-order valence-corrected chi connectivity index (χ3v) is 4.63. The van der Waals surface area contributed by atoms with E-state index in [9.17, 15) is 9.18 Å². The van der Waals surface area contributed by atoms with Gasteiger partial charge in [0.1, 0.15) is 11.5 Å². The van der Waals surface area contributed by atoms with Crippen LogP contribution in [0.1, 0.15) is 40.7 Å². The van der Waals surface area contributed by atoms with Crippen molar-refractivity contribution in [3.05, 3.63) is 65.4 Å². The Morgan fingerprint density at radius 1 is 1.26 bits per heavy atom. The molecule has 0 radical (unpaired) electrons. The van der Waals surface area contributed by atoms with Gasteiger partial charge in [0.15, 0.2) is 0 Å². The van der Waals surface area contributed by atoms with E-state index in [-0.39, 0.29) is 11.6 Å². The summed E-state index contributed by atoms with van der Waals surface area (Å²) in [6.45, 7) is 1.55. The molecular formula is C19H17FN4O3. The summed E-state index contributed by atoms with van der Waals surface area (Å²) in [5.41, 5.74) is 1.75. The van der Waals surface area contributed by atoms with Crippen molar-refractivity contribution in [3.8, 4) is 11.5 Å². The van der Waals surface area contributed by atoms with Crippen molar-refractivity contribution in [2.75, 3.05) is 6.54 Å². The second kappa shape index (κ2) is 7.24. The Labute approximate surface area is 154 Å². The van der Waals surface area contributed by atoms with Gasteiger partial charge in [-0.2, -0.15) is 4.98 Å². The lowest BCUT2D eigenvalue weighted by atomic mass is 10.1. The van der Waals surface area contributed by atoms with E-state index in [4.69, 9.17) is 9.63 Å². The average molecular weight is 368 g/mol. The van der Waals surface area contributed by atoms with Gasteiger partial charge in [0, 0.05) is 6.54 Å². The Kier molecular flexibility index (Phi) is 4.64. The van der Waals surface area contributed by atoms with Gasteiger partial charge in [-0.25, -0.2) is 14.2 Å². The second-order valence-electron chi connectivity index (χ2n) is 6.45. The van der Waals surface area contributed by atoms with Crippen molar-refractivity contribution in [1.29, 1.82) is 0 Å². The van der Waals surface area contributed by atoms with Crippen LogP contribution in [0.4, 0.5) is 4.39 Å². The number of benzene rings is 1. The maximum absolute atomic E-state index is 13.0. The van der Waals surface area contributed by atoms with E-state index < -0.39 is 11.8 Å². The van der Waals surface area contributed by atoms with Crippen LogP contribution >= 0.6 is 0 Å². The van der Waals surface area contributed by atoms with E-state index in [1.165, 1.54) is 12.1 Å². The first-order valence-electron chi connectivity index (χ1n) is 8.62. The van der Waals surface area contributed by atoms with Crippen LogP contribution in [0.2, 0.25) is 0 Å². The van der Waals surface area contributed by atoms with Crippen LogP contribution < -0.4 is 0 Å². The van der Waals surface area contributed by atoms with Gasteiger partial charge in [0.05, 0.1) is 17.8 Å². The zero-order chi connectivity index (χ0) is 18.8. The summed E-state index contributed by atoms with van der Waals surface area (Å²) in [7, 11) is 0. The third kappa shape index (κ3) is 3.70. The van der Waals surface area contributed by atoms with Crippen molar-refractivity contribution >= 4 is 5.97 Å². The highest BCUT2D eigenvalue weighted by Gasteiger charge is 2.31. The molecule has 27 heavy (non-hydrogen) atoms. The molecule has 2 aromatic heterocycles. The molecule has 1 saturated heterocycles. The van der Waals surface area contributed by atoms with Gasteiger partial charge in [-0.3, -0.25) is 4.90 Å². The molecule has 0 bridgehead atoms. The summed E-state index contributed by atoms with van der Waals surface area (Å²) >= 11 is 0. The molecular weight excluding hydrogens is 351 g/mol. The molecule has 4 rings (SSSR count). The normalized spacial score (nSPS) is 17.3. The van der Waals surface area contributed by atoms with Crippen LogP contribution in [0.3, 0.4) is 0 Å². The number of halogens is 1. The SMILES string of the molecule is O=C(O)c1ccc(CN2CCC[C@H]2c2nc(-c3ccc(F)cn3)no2)cc1. The van der Waals surface area contributed by atoms with Crippen LogP contribution in [0.15, 0.2) is 47.1 Å². The van der Waals surface area contributed by atoms with Gasteiger partial charge < -0.3 is 9.63 Å². The molecule has 1 aliphatic heterocycles. The zero-order valence-electron chi connectivity index (χ0n) is 14.4. The summed E-state index contributed by atoms with van der Waals surface area (Å²) in [5, 5.41) is 13.0. The first-order chi connectivity index (χ1) is 13.1. The largest absolute Gasteiger partial charge is 0.478 e. The molecule has 0 spiro atoms. The van der Waals surface area contributed by atoms with Gasteiger partial charge in [-0.15, -0.1) is 0 Å². The molecule has 1 N–H and O–H groups in total. The molecule has 138 valence electrons. The fourth-order valence-corrected chi connectivity index (χ4v) is 3.26. The second-order valence-corrected chi connectivity index (χ2v) is 6.45. The molecule has 0 unspecified atom stereocenters. The quantitative estimate of drug-likeness (QED) is 0.738. The monoisotopic (exact) mass is 368 g/mol. The van der Waals surface area contributed by atoms with E-state index in [0.29, 0.717) is 24.0 Å². The van der Waals surface area contributed by atoms with Crippen molar-refractivity contribution in [2.24, 2.45) is 0 Å². The molecule has 3 heterocycles. The van der Waals surface area contributed by atoms with E-state index in [1.54, 1.807) is 12.1 Å². The molecule has 0 amide bonds. The maximum Gasteiger partial charge on any atom is 0.335 e. The average Bonchev–Trinajstić information content (AvgIpc) is 3.32. The predicted octanol–water partition coefficient (Wildman–Crippen LogP) is 3.31. The first kappa shape index (κ1) is 17.3. The Balaban J connectivity index is 1.50.